The van der Waals surface area contributed by atoms with Crippen molar-refractivity contribution in [2.75, 3.05) is 27.2 Å². The summed E-state index contributed by atoms with van der Waals surface area (Å²) in [4.78, 5) is 34.6. The molecular formula is C10H19N3O5. The Balaban J connectivity index is 3.95. The van der Waals surface area contributed by atoms with Crippen LogP contribution < -0.4 is 10.6 Å². The molecule has 0 saturated carbocycles. The minimum Gasteiger partial charge on any atom is -0.480 e. The van der Waals surface area contributed by atoms with Crippen molar-refractivity contribution in [1.29, 1.82) is 0 Å². The van der Waals surface area contributed by atoms with Crippen molar-refractivity contribution < 1.29 is 24.6 Å². The van der Waals surface area contributed by atoms with E-state index in [4.69, 9.17) is 10.2 Å². The molecule has 0 aromatic rings. The first-order valence-electron chi connectivity index (χ1n) is 5.46. The molecule has 4 N–H and O–H groups in total. The molecule has 0 aliphatic heterocycles. The number of carboxylic acids is 1. The number of carboxylic acid groups (broad SMARTS) is 1. The van der Waals surface area contributed by atoms with Crippen LogP contribution in [0, 0.1) is 0 Å². The molecule has 18 heavy (non-hydrogen) atoms. The SMILES string of the molecule is CN(C)C(=O)CCNC(=O)N[C@H](CCO)C(=O)O. The average Bonchev–Trinajstić information content (AvgIpc) is 2.27. The Morgan fingerprint density at radius 1 is 1.28 bits per heavy atom. The smallest absolute Gasteiger partial charge is 0.326 e. The molecule has 0 aromatic carbocycles. The van der Waals surface area contributed by atoms with Gasteiger partial charge in [0.05, 0.1) is 0 Å². The zero-order valence-corrected chi connectivity index (χ0v) is 10.5. The lowest BCUT2D eigenvalue weighted by atomic mass is 10.2. The monoisotopic (exact) mass is 261 g/mol. The van der Waals surface area contributed by atoms with Crippen LogP contribution in [0.3, 0.4) is 0 Å². The highest BCUT2D eigenvalue weighted by atomic mass is 16.4. The van der Waals surface area contributed by atoms with Crippen LogP contribution in [0.15, 0.2) is 0 Å². The first-order valence-corrected chi connectivity index (χ1v) is 5.46. The van der Waals surface area contributed by atoms with Crippen molar-refractivity contribution >= 4 is 17.9 Å². The normalized spacial score (nSPS) is 11.5. The van der Waals surface area contributed by atoms with Crippen molar-refractivity contribution in [3.8, 4) is 0 Å². The zero-order chi connectivity index (χ0) is 14.1. The highest BCUT2D eigenvalue weighted by Gasteiger charge is 2.18. The van der Waals surface area contributed by atoms with E-state index >= 15 is 0 Å². The van der Waals surface area contributed by atoms with E-state index < -0.39 is 18.0 Å². The van der Waals surface area contributed by atoms with Crippen molar-refractivity contribution in [3.05, 3.63) is 0 Å². The average molecular weight is 261 g/mol. The fraction of sp³-hybridized carbons (Fsp3) is 0.700. The van der Waals surface area contributed by atoms with Crippen molar-refractivity contribution in [2.24, 2.45) is 0 Å². The topological polar surface area (TPSA) is 119 Å². The van der Waals surface area contributed by atoms with Gasteiger partial charge in [-0.25, -0.2) is 9.59 Å². The van der Waals surface area contributed by atoms with E-state index in [2.05, 4.69) is 10.6 Å². The highest BCUT2D eigenvalue weighted by Crippen LogP contribution is 1.91. The number of hydrogen-bond donors (Lipinski definition) is 4. The van der Waals surface area contributed by atoms with E-state index in [0.29, 0.717) is 0 Å². The number of nitrogens with one attached hydrogen (secondary N) is 2. The van der Waals surface area contributed by atoms with E-state index in [1.54, 1.807) is 14.1 Å². The number of aliphatic carboxylic acids is 1. The minimum atomic E-state index is -1.22. The molecule has 0 bridgehead atoms. The quantitative estimate of drug-likeness (QED) is 0.449. The molecule has 0 spiro atoms. The van der Waals surface area contributed by atoms with Crippen LogP contribution in [0.4, 0.5) is 4.79 Å². The second-order valence-corrected chi connectivity index (χ2v) is 3.84. The van der Waals surface area contributed by atoms with Crippen LogP contribution in [0.5, 0.6) is 0 Å². The molecule has 0 aliphatic rings. The third kappa shape index (κ3) is 6.69. The Morgan fingerprint density at radius 2 is 1.89 bits per heavy atom. The van der Waals surface area contributed by atoms with E-state index in [1.165, 1.54) is 4.90 Å². The van der Waals surface area contributed by atoms with Gasteiger partial charge in [-0.3, -0.25) is 4.79 Å². The molecule has 0 rings (SSSR count). The number of rotatable bonds is 7. The molecular weight excluding hydrogens is 242 g/mol. The second kappa shape index (κ2) is 8.29. The zero-order valence-electron chi connectivity index (χ0n) is 10.5. The largest absolute Gasteiger partial charge is 0.480 e. The summed E-state index contributed by atoms with van der Waals surface area (Å²) in [5.74, 6) is -1.36. The molecule has 0 aromatic heterocycles. The highest BCUT2D eigenvalue weighted by molar-refractivity contribution is 5.83. The number of nitrogens with zero attached hydrogens (tertiary/aromatic N) is 1. The van der Waals surface area contributed by atoms with Gasteiger partial charge in [0.25, 0.3) is 0 Å². The maximum Gasteiger partial charge on any atom is 0.326 e. The molecule has 0 unspecified atom stereocenters. The molecule has 3 amide bonds. The molecule has 0 radical (unpaired) electrons. The number of carbonyl (C=O) groups is 3. The summed E-state index contributed by atoms with van der Waals surface area (Å²) in [7, 11) is 3.20. The lowest BCUT2D eigenvalue weighted by Gasteiger charge is -2.14. The van der Waals surface area contributed by atoms with Crippen molar-refractivity contribution in [1.82, 2.24) is 15.5 Å². The number of aliphatic hydroxyl groups is 1. The van der Waals surface area contributed by atoms with Gasteiger partial charge in [-0.15, -0.1) is 0 Å². The first kappa shape index (κ1) is 16.2. The fourth-order valence-electron chi connectivity index (χ4n) is 1.10. The van der Waals surface area contributed by atoms with Gasteiger partial charge < -0.3 is 25.7 Å². The third-order valence-corrected chi connectivity index (χ3v) is 2.14. The summed E-state index contributed by atoms with van der Waals surface area (Å²) >= 11 is 0. The number of urea groups is 1. The molecule has 8 nitrogen and oxygen atoms in total. The van der Waals surface area contributed by atoms with Gasteiger partial charge in [0, 0.05) is 40.1 Å². The second-order valence-electron chi connectivity index (χ2n) is 3.84. The van der Waals surface area contributed by atoms with Gasteiger partial charge in [0.1, 0.15) is 6.04 Å². The Bertz CT molecular complexity index is 306. The molecule has 0 fully saturated rings. The summed E-state index contributed by atoms with van der Waals surface area (Å²) < 4.78 is 0. The molecule has 0 saturated heterocycles. The first-order chi connectivity index (χ1) is 8.38. The maximum atomic E-state index is 11.3. The van der Waals surface area contributed by atoms with Crippen LogP contribution in [-0.4, -0.2) is 66.3 Å². The van der Waals surface area contributed by atoms with E-state index in [-0.39, 0.29) is 31.9 Å². The molecule has 1 atom stereocenters. The predicted molar refractivity (Wildman–Crippen MR) is 63.0 cm³/mol. The maximum absolute atomic E-state index is 11.3. The van der Waals surface area contributed by atoms with Gasteiger partial charge in [-0.1, -0.05) is 0 Å². The van der Waals surface area contributed by atoms with Crippen LogP contribution in [0.25, 0.3) is 0 Å². The minimum absolute atomic E-state index is 0.0701. The van der Waals surface area contributed by atoms with Crippen LogP contribution in [-0.2, 0) is 9.59 Å². The summed E-state index contributed by atoms with van der Waals surface area (Å²) in [5.41, 5.74) is 0. The Labute approximate surface area is 105 Å². The van der Waals surface area contributed by atoms with Crippen molar-refractivity contribution in [2.45, 2.75) is 18.9 Å². The van der Waals surface area contributed by atoms with E-state index in [1.807, 2.05) is 0 Å². The van der Waals surface area contributed by atoms with Gasteiger partial charge in [-0.2, -0.15) is 0 Å². The molecule has 8 heteroatoms. The van der Waals surface area contributed by atoms with Gasteiger partial charge in [0.2, 0.25) is 5.91 Å². The van der Waals surface area contributed by atoms with Crippen LogP contribution in [0.1, 0.15) is 12.8 Å². The Kier molecular flexibility index (Phi) is 7.45. The Morgan fingerprint density at radius 3 is 2.33 bits per heavy atom. The summed E-state index contributed by atoms with van der Waals surface area (Å²) in [5, 5.41) is 21.9. The number of aliphatic hydroxyl groups excluding tert-OH is 1. The van der Waals surface area contributed by atoms with E-state index in [9.17, 15) is 14.4 Å². The lowest BCUT2D eigenvalue weighted by molar-refractivity contribution is -0.139. The standard InChI is InChI=1S/C10H19N3O5/c1-13(2)8(15)3-5-11-10(18)12-7(4-6-14)9(16)17/h7,14H,3-6H2,1-2H3,(H,16,17)(H2,11,12,18)/t7-/m1/s1. The lowest BCUT2D eigenvalue weighted by Crippen LogP contribution is -2.47. The van der Waals surface area contributed by atoms with Gasteiger partial charge >= 0.3 is 12.0 Å². The molecule has 104 valence electrons. The number of carbonyl (C=O) groups excluding carboxylic acids is 2. The Hall–Kier alpha value is -1.83. The summed E-state index contributed by atoms with van der Waals surface area (Å²) in [6.07, 6.45) is 0.0670. The molecule has 0 heterocycles. The van der Waals surface area contributed by atoms with Gasteiger partial charge in [-0.05, 0) is 0 Å². The summed E-state index contributed by atoms with van der Waals surface area (Å²) in [6.45, 7) is -0.218. The third-order valence-electron chi connectivity index (χ3n) is 2.14. The predicted octanol–water partition coefficient (Wildman–Crippen LogP) is -1.40. The number of amides is 3. The van der Waals surface area contributed by atoms with Gasteiger partial charge in [0.15, 0.2) is 0 Å². The number of hydrogen-bond acceptors (Lipinski definition) is 4. The van der Waals surface area contributed by atoms with Crippen LogP contribution >= 0.6 is 0 Å². The summed E-state index contributed by atoms with van der Waals surface area (Å²) in [6, 6.07) is -1.82. The fourth-order valence-corrected chi connectivity index (χ4v) is 1.10. The van der Waals surface area contributed by atoms with Crippen molar-refractivity contribution in [3.63, 3.8) is 0 Å². The molecule has 0 aliphatic carbocycles. The van der Waals surface area contributed by atoms with E-state index in [0.717, 1.165) is 0 Å². The van der Waals surface area contributed by atoms with Crippen LogP contribution in [0.2, 0.25) is 0 Å².